The Kier molecular flexibility index (Phi) is 11.5. The molecule has 18 heteroatoms. The van der Waals surface area contributed by atoms with Crippen molar-refractivity contribution in [3.8, 4) is 28.8 Å². The molecule has 6 rings (SSSR count). The quantitative estimate of drug-likeness (QED) is 0.159. The average molecular weight is 793 g/mol. The lowest BCUT2D eigenvalue weighted by molar-refractivity contribution is -0.137. The molecule has 0 bridgehead atoms. The van der Waals surface area contributed by atoms with Crippen molar-refractivity contribution >= 4 is 22.1 Å². The number of hydrogen-bond donors (Lipinski definition) is 3. The molecule has 1 fully saturated rings. The van der Waals surface area contributed by atoms with E-state index in [2.05, 4.69) is 15.7 Å². The summed E-state index contributed by atoms with van der Waals surface area (Å²) in [6.45, 7) is 6.78. The molecule has 0 aliphatic heterocycles. The Morgan fingerprint density at radius 1 is 0.982 bits per heavy atom. The van der Waals surface area contributed by atoms with Crippen LogP contribution in [0.1, 0.15) is 51.9 Å². The number of amides is 2. The number of nitrogens with zero attached hydrogens (tertiary/aromatic N) is 5. The van der Waals surface area contributed by atoms with E-state index < -0.39 is 45.5 Å². The van der Waals surface area contributed by atoms with Gasteiger partial charge in [0.1, 0.15) is 15.8 Å². The molecule has 0 radical (unpaired) electrons. The Labute approximate surface area is 319 Å². The number of carbonyl (C=O) groups is 2. The van der Waals surface area contributed by atoms with Gasteiger partial charge in [-0.1, -0.05) is 6.07 Å². The van der Waals surface area contributed by atoms with Crippen LogP contribution in [0.3, 0.4) is 0 Å². The fraction of sp³-hybridized carbons (Fsp3) is 0.289. The molecule has 56 heavy (non-hydrogen) atoms. The summed E-state index contributed by atoms with van der Waals surface area (Å²) in [5.41, 5.74) is 1.82. The third kappa shape index (κ3) is 7.87. The molecular weight excluding hydrogens is 754 g/mol. The van der Waals surface area contributed by atoms with Crippen LogP contribution in [-0.2, 0) is 27.5 Å². The van der Waals surface area contributed by atoms with E-state index in [1.54, 1.807) is 44.2 Å². The second-order valence-corrected chi connectivity index (χ2v) is 14.8. The molecule has 2 heterocycles. The monoisotopic (exact) mass is 792 g/mol. The summed E-state index contributed by atoms with van der Waals surface area (Å²) in [6, 6.07) is 14.1. The number of benzene rings is 3. The molecule has 0 unspecified atom stereocenters. The van der Waals surface area contributed by atoms with Crippen LogP contribution in [0.2, 0.25) is 0 Å². The lowest BCUT2D eigenvalue weighted by Gasteiger charge is -2.34. The van der Waals surface area contributed by atoms with Crippen LogP contribution in [0.25, 0.3) is 22.8 Å². The summed E-state index contributed by atoms with van der Waals surface area (Å²) in [5.74, 6) is -0.770. The molecule has 14 nitrogen and oxygen atoms in total. The van der Waals surface area contributed by atoms with Gasteiger partial charge in [0.2, 0.25) is 5.91 Å². The molecule has 0 atom stereocenters. The Bertz CT molecular complexity index is 2550. The van der Waals surface area contributed by atoms with Crippen molar-refractivity contribution in [2.45, 2.75) is 64.1 Å². The largest absolute Gasteiger partial charge is 0.744 e. The minimum atomic E-state index is -4.69. The van der Waals surface area contributed by atoms with Crippen LogP contribution < -0.4 is 22.5 Å². The Hall–Kier alpha value is -6.03. The maximum absolute atomic E-state index is 14.1. The number of rotatable bonds is 9. The van der Waals surface area contributed by atoms with Crippen LogP contribution in [0, 0.1) is 44.9 Å². The molecule has 6 N–H and O–H groups in total. The average Bonchev–Trinajstić information content (AvgIpc) is 3.70. The smallest absolute Gasteiger partial charge is 0.416 e. The lowest BCUT2D eigenvalue weighted by atomic mass is 9.79. The molecule has 294 valence electrons. The molecule has 1 aliphatic carbocycles. The third-order valence-electron chi connectivity index (χ3n) is 10.1. The third-order valence-corrected chi connectivity index (χ3v) is 11.1. The Balaban J connectivity index is 0.00000600. The SMILES string of the molecule is Cc1c(CCNC(=O)C2CC(NC(=O)n3c(-c4ccnn4-c4ccc(C#N)cc4)c(C)n(-c4cccc(C(F)(F)F)c4)c3=O)C2)cc(S(=O)(=O)[O-])c(C)c1C.[NH4+]. The van der Waals surface area contributed by atoms with E-state index in [4.69, 9.17) is 0 Å². The maximum atomic E-state index is 14.1. The van der Waals surface area contributed by atoms with Gasteiger partial charge in [0.05, 0.1) is 51.1 Å². The maximum Gasteiger partial charge on any atom is 0.416 e. The molecule has 1 saturated carbocycles. The normalized spacial score (nSPS) is 15.3. The van der Waals surface area contributed by atoms with Crippen molar-refractivity contribution in [1.29, 1.82) is 5.26 Å². The van der Waals surface area contributed by atoms with E-state index in [1.165, 1.54) is 36.0 Å². The highest BCUT2D eigenvalue weighted by Gasteiger charge is 2.37. The second-order valence-electron chi connectivity index (χ2n) is 13.4. The summed E-state index contributed by atoms with van der Waals surface area (Å²) in [6.07, 6.45) is -2.51. The van der Waals surface area contributed by atoms with Crippen molar-refractivity contribution in [3.63, 3.8) is 0 Å². The number of nitrogens with one attached hydrogen (secondary N) is 2. The van der Waals surface area contributed by atoms with E-state index in [0.29, 0.717) is 27.9 Å². The zero-order valence-electron chi connectivity index (χ0n) is 31.1. The van der Waals surface area contributed by atoms with Gasteiger partial charge in [-0.3, -0.25) is 9.36 Å². The molecule has 1 aliphatic rings. The number of carbonyl (C=O) groups excluding carboxylic acids is 2. The number of hydrogen-bond acceptors (Lipinski definition) is 8. The molecule has 5 aromatic rings. The van der Waals surface area contributed by atoms with Gasteiger partial charge >= 0.3 is 17.9 Å². The predicted octanol–water partition coefficient (Wildman–Crippen LogP) is 5.59. The highest BCUT2D eigenvalue weighted by atomic mass is 32.2. The number of aromatic nitrogens is 4. The fourth-order valence-electron chi connectivity index (χ4n) is 6.84. The highest BCUT2D eigenvalue weighted by Crippen LogP contribution is 2.33. The summed E-state index contributed by atoms with van der Waals surface area (Å²) < 4.78 is 79.7. The van der Waals surface area contributed by atoms with Gasteiger partial charge in [-0.2, -0.15) is 23.5 Å². The molecule has 0 saturated heterocycles. The minimum Gasteiger partial charge on any atom is -0.744 e. The van der Waals surface area contributed by atoms with Gasteiger partial charge < -0.3 is 21.3 Å². The van der Waals surface area contributed by atoms with Crippen LogP contribution in [0.15, 0.2) is 76.6 Å². The first kappa shape index (κ1) is 41.1. The zero-order valence-corrected chi connectivity index (χ0v) is 31.9. The van der Waals surface area contributed by atoms with Crippen molar-refractivity contribution in [2.75, 3.05) is 6.54 Å². The first-order valence-electron chi connectivity index (χ1n) is 17.1. The number of imidazole rings is 1. The van der Waals surface area contributed by atoms with E-state index in [0.717, 1.165) is 26.8 Å². The van der Waals surface area contributed by atoms with E-state index in [1.807, 2.05) is 13.0 Å². The second kappa shape index (κ2) is 15.6. The summed E-state index contributed by atoms with van der Waals surface area (Å²) in [7, 11) is -4.69. The van der Waals surface area contributed by atoms with Crippen LogP contribution in [0.4, 0.5) is 18.0 Å². The van der Waals surface area contributed by atoms with Gasteiger partial charge in [-0.05, 0) is 124 Å². The zero-order chi connectivity index (χ0) is 40.0. The standard InChI is InChI=1S/C38H36F3N7O6S.H3N/c1-21-22(2)26(18-33(23(21)3)55(52,53)54)12-14-43-35(49)27-16-29(17-27)45-36(50)47-34(32-13-15-44-48(32)30-10-8-25(20-42)9-11-30)24(4)46(37(47)51)31-7-5-6-28(19-31)38(39,40)41;/h5-11,13,15,18-19,27,29H,12,14,16-17H2,1-4H3,(H,43,49)(H,45,50)(H,52,53,54);1H3. The minimum absolute atomic E-state index is 0. The number of halogens is 3. The van der Waals surface area contributed by atoms with Gasteiger partial charge in [-0.15, -0.1) is 0 Å². The summed E-state index contributed by atoms with van der Waals surface area (Å²) in [4.78, 5) is 40.7. The highest BCUT2D eigenvalue weighted by molar-refractivity contribution is 7.85. The summed E-state index contributed by atoms with van der Waals surface area (Å²) >= 11 is 0. The van der Waals surface area contributed by atoms with E-state index in [-0.39, 0.29) is 65.5 Å². The Morgan fingerprint density at radius 2 is 1.66 bits per heavy atom. The lowest BCUT2D eigenvalue weighted by Crippen LogP contribution is -2.51. The van der Waals surface area contributed by atoms with Gasteiger partial charge in [0.15, 0.2) is 0 Å². The molecule has 0 spiro atoms. The first-order chi connectivity index (χ1) is 25.9. The number of alkyl halides is 3. The molecule has 2 amide bonds. The Morgan fingerprint density at radius 3 is 2.29 bits per heavy atom. The molecular formula is C38H39F3N8O6S. The molecule has 2 aromatic heterocycles. The van der Waals surface area contributed by atoms with Gasteiger partial charge in [0.25, 0.3) is 0 Å². The topological polar surface area (TPSA) is 220 Å². The fourth-order valence-corrected chi connectivity index (χ4v) is 7.66. The van der Waals surface area contributed by atoms with Crippen molar-refractivity contribution < 1.29 is 35.7 Å². The van der Waals surface area contributed by atoms with Gasteiger partial charge in [-0.25, -0.2) is 27.3 Å². The van der Waals surface area contributed by atoms with E-state index in [9.17, 15) is 45.8 Å². The van der Waals surface area contributed by atoms with Crippen molar-refractivity contribution in [1.82, 2.24) is 35.7 Å². The van der Waals surface area contributed by atoms with E-state index >= 15 is 0 Å². The number of quaternary nitrogens is 1. The van der Waals surface area contributed by atoms with Gasteiger partial charge in [0, 0.05) is 18.5 Å². The molecule has 3 aromatic carbocycles. The number of nitriles is 1. The van der Waals surface area contributed by atoms with Crippen LogP contribution >= 0.6 is 0 Å². The summed E-state index contributed by atoms with van der Waals surface area (Å²) in [5, 5.41) is 19.2. The predicted molar refractivity (Wildman–Crippen MR) is 199 cm³/mol. The van der Waals surface area contributed by atoms with Crippen LogP contribution in [0.5, 0.6) is 0 Å². The van der Waals surface area contributed by atoms with Crippen molar-refractivity contribution in [3.05, 3.63) is 116 Å². The first-order valence-corrected chi connectivity index (χ1v) is 18.5. The van der Waals surface area contributed by atoms with Crippen LogP contribution in [-0.4, -0.2) is 56.4 Å². The van der Waals surface area contributed by atoms with Crippen molar-refractivity contribution in [2.24, 2.45) is 5.92 Å².